The lowest BCUT2D eigenvalue weighted by molar-refractivity contribution is 0.414. The monoisotopic (exact) mass is 856 g/mol. The predicted octanol–water partition coefficient (Wildman–Crippen LogP) is 3.02. The summed E-state index contributed by atoms with van der Waals surface area (Å²) in [6.45, 7) is 4.29. The Morgan fingerprint density at radius 1 is 0.633 bits per heavy atom. The van der Waals surface area contributed by atoms with Crippen molar-refractivity contribution in [2.45, 2.75) is 60.4 Å². The third-order valence-corrected chi connectivity index (χ3v) is 12.6. The van der Waals surface area contributed by atoms with E-state index in [1.165, 1.54) is 16.9 Å². The number of tetrazole rings is 2. The zero-order valence-corrected chi connectivity index (χ0v) is 34.9. The molecule has 0 radical (unpaired) electrons. The van der Waals surface area contributed by atoms with Crippen LogP contribution >= 0.6 is 0 Å². The number of benzene rings is 4. The summed E-state index contributed by atoms with van der Waals surface area (Å²) >= 11 is 0. The van der Waals surface area contributed by atoms with Crippen molar-refractivity contribution in [1.82, 2.24) is 51.0 Å². The molecule has 2 aliphatic rings. The standard InChI is InChI=1S/2C20H24N6O3S/c1-29-16-7-5-14(6-8-16)13-26-20(23-24-25-26)19-17(15-9-11-22-12-10-15)3-2-4-18(19)30(21,27)28;1-29-16-7-5-14(6-8-16)13-26-24-20(23-25-26)19-17(15-9-11-22-12-10-15)3-2-4-18(19)30(21,27)28/h2*2-8,15,22H,9-13H2,1H3,(H2,21,27,28). The van der Waals surface area contributed by atoms with Crippen molar-refractivity contribution in [1.29, 1.82) is 0 Å². The van der Waals surface area contributed by atoms with Crippen LogP contribution in [0.1, 0.15) is 59.8 Å². The van der Waals surface area contributed by atoms with Gasteiger partial charge in [-0.3, -0.25) is 0 Å². The first kappa shape index (κ1) is 42.5. The number of rotatable bonds is 12. The second-order valence-electron chi connectivity index (χ2n) is 14.6. The van der Waals surface area contributed by atoms with Gasteiger partial charge in [-0.1, -0.05) is 48.5 Å². The van der Waals surface area contributed by atoms with Crippen LogP contribution in [0.4, 0.5) is 0 Å². The number of nitrogens with one attached hydrogen (secondary N) is 2. The lowest BCUT2D eigenvalue weighted by Gasteiger charge is -2.25. The highest BCUT2D eigenvalue weighted by Gasteiger charge is 2.29. The third kappa shape index (κ3) is 10.0. The van der Waals surface area contributed by atoms with E-state index >= 15 is 0 Å². The number of sulfonamides is 2. The molecule has 316 valence electrons. The first-order valence-electron chi connectivity index (χ1n) is 19.5. The molecule has 4 heterocycles. The second kappa shape index (κ2) is 18.7. The van der Waals surface area contributed by atoms with E-state index in [1.807, 2.05) is 60.7 Å². The molecule has 60 heavy (non-hydrogen) atoms. The molecule has 0 bridgehead atoms. The van der Waals surface area contributed by atoms with Gasteiger partial charge in [-0.05, 0) is 138 Å². The topological polar surface area (TPSA) is 250 Å². The SMILES string of the molecule is COc1ccc(Cn2nnc(-c3c(C4CCNCC4)cccc3S(N)(=O)=O)n2)cc1.COc1ccc(Cn2nnnc2-c2c(C3CCNCC3)cccc2S(N)(=O)=O)cc1. The lowest BCUT2D eigenvalue weighted by atomic mass is 9.87. The van der Waals surface area contributed by atoms with E-state index in [0.717, 1.165) is 85.6 Å². The van der Waals surface area contributed by atoms with E-state index in [4.69, 9.17) is 19.8 Å². The molecule has 6 N–H and O–H groups in total. The van der Waals surface area contributed by atoms with E-state index in [-0.39, 0.29) is 27.5 Å². The van der Waals surface area contributed by atoms with Crippen molar-refractivity contribution in [3.8, 4) is 34.3 Å². The Labute approximate surface area is 348 Å². The highest BCUT2D eigenvalue weighted by atomic mass is 32.2. The van der Waals surface area contributed by atoms with Crippen LogP contribution in [0, 0.1) is 0 Å². The molecule has 2 aromatic heterocycles. The molecule has 2 saturated heterocycles. The summed E-state index contributed by atoms with van der Waals surface area (Å²) in [7, 11) is -4.68. The highest BCUT2D eigenvalue weighted by Crippen LogP contribution is 2.38. The van der Waals surface area contributed by atoms with Crippen LogP contribution in [0.3, 0.4) is 0 Å². The fraction of sp³-hybridized carbons (Fsp3) is 0.350. The zero-order valence-electron chi connectivity index (χ0n) is 33.3. The summed E-state index contributed by atoms with van der Waals surface area (Å²) in [6.07, 6.45) is 3.62. The van der Waals surface area contributed by atoms with Gasteiger partial charge in [-0.2, -0.15) is 4.80 Å². The number of hydrogen-bond donors (Lipinski definition) is 4. The Morgan fingerprint density at radius 2 is 1.12 bits per heavy atom. The van der Waals surface area contributed by atoms with Crippen LogP contribution in [0.15, 0.2) is 94.7 Å². The van der Waals surface area contributed by atoms with Crippen LogP contribution in [-0.2, 0) is 33.1 Å². The fourth-order valence-corrected chi connectivity index (χ4v) is 9.22. The maximum atomic E-state index is 12.4. The minimum atomic E-state index is -3.96. The molecule has 8 rings (SSSR count). The number of nitrogens with two attached hydrogens (primary N) is 2. The van der Waals surface area contributed by atoms with Crippen molar-refractivity contribution in [3.05, 3.63) is 107 Å². The maximum absolute atomic E-state index is 12.4. The van der Waals surface area contributed by atoms with E-state index < -0.39 is 20.0 Å². The fourth-order valence-electron chi connectivity index (χ4n) is 7.69. The summed E-state index contributed by atoms with van der Waals surface area (Å²) < 4.78 is 61.4. The van der Waals surface area contributed by atoms with Crippen molar-refractivity contribution in [2.24, 2.45) is 10.3 Å². The molecule has 2 aliphatic heterocycles. The average molecular weight is 857 g/mol. The van der Waals surface area contributed by atoms with Gasteiger partial charge < -0.3 is 20.1 Å². The van der Waals surface area contributed by atoms with Crippen LogP contribution in [0.2, 0.25) is 0 Å². The van der Waals surface area contributed by atoms with Gasteiger partial charge in [-0.25, -0.2) is 31.8 Å². The van der Waals surface area contributed by atoms with Crippen molar-refractivity contribution in [2.75, 3.05) is 40.4 Å². The quantitative estimate of drug-likeness (QED) is 0.138. The molecule has 4 aromatic carbocycles. The number of hydrogen-bond acceptors (Lipinski definition) is 14. The van der Waals surface area contributed by atoms with Gasteiger partial charge >= 0.3 is 0 Å². The van der Waals surface area contributed by atoms with Gasteiger partial charge in [0.1, 0.15) is 11.5 Å². The van der Waals surface area contributed by atoms with Crippen LogP contribution in [-0.4, -0.2) is 97.6 Å². The largest absolute Gasteiger partial charge is 0.497 e. The zero-order chi connectivity index (χ0) is 42.3. The predicted molar refractivity (Wildman–Crippen MR) is 223 cm³/mol. The van der Waals surface area contributed by atoms with Crippen LogP contribution in [0.25, 0.3) is 22.8 Å². The van der Waals surface area contributed by atoms with E-state index in [1.54, 1.807) is 31.0 Å². The Kier molecular flexibility index (Phi) is 13.3. The van der Waals surface area contributed by atoms with Crippen molar-refractivity contribution < 1.29 is 26.3 Å². The molecular formula is C40H48N12O6S2. The van der Waals surface area contributed by atoms with Gasteiger partial charge in [0.2, 0.25) is 25.9 Å². The summed E-state index contributed by atoms with van der Waals surface area (Å²) in [6, 6.07) is 25.5. The molecule has 20 heteroatoms. The first-order valence-corrected chi connectivity index (χ1v) is 22.6. The second-order valence-corrected chi connectivity index (χ2v) is 17.6. The number of nitrogens with zero attached hydrogens (tertiary/aromatic N) is 8. The normalized spacial score (nSPS) is 15.3. The number of primary sulfonamides is 2. The van der Waals surface area contributed by atoms with Gasteiger partial charge in [0.15, 0.2) is 5.82 Å². The van der Waals surface area contributed by atoms with E-state index in [2.05, 4.69) is 41.6 Å². The highest BCUT2D eigenvalue weighted by molar-refractivity contribution is 7.89. The number of ether oxygens (including phenoxy) is 2. The molecule has 6 aromatic rings. The average Bonchev–Trinajstić information content (AvgIpc) is 3.93. The summed E-state index contributed by atoms with van der Waals surface area (Å²) in [5.74, 6) is 2.58. The molecule has 0 amide bonds. The number of piperidine rings is 2. The van der Waals surface area contributed by atoms with Crippen LogP contribution in [0.5, 0.6) is 11.5 Å². The van der Waals surface area contributed by atoms with E-state index in [9.17, 15) is 16.8 Å². The molecule has 0 unspecified atom stereocenters. The summed E-state index contributed by atoms with van der Waals surface area (Å²) in [4.78, 5) is 1.52. The first-order chi connectivity index (χ1) is 28.9. The molecule has 0 aliphatic carbocycles. The van der Waals surface area contributed by atoms with Gasteiger partial charge in [0, 0.05) is 11.1 Å². The smallest absolute Gasteiger partial charge is 0.238 e. The number of methoxy groups -OCH3 is 2. The van der Waals surface area contributed by atoms with Gasteiger partial charge in [0.05, 0.1) is 37.1 Å². The molecular weight excluding hydrogens is 809 g/mol. The Hall–Kier alpha value is -5.64. The molecule has 0 atom stereocenters. The summed E-state index contributed by atoms with van der Waals surface area (Å²) in [5, 5.41) is 42.7. The van der Waals surface area contributed by atoms with Gasteiger partial charge in [0.25, 0.3) is 0 Å². The molecule has 2 fully saturated rings. The summed E-state index contributed by atoms with van der Waals surface area (Å²) in [5.41, 5.74) is 4.68. The van der Waals surface area contributed by atoms with Crippen molar-refractivity contribution >= 4 is 20.0 Å². The maximum Gasteiger partial charge on any atom is 0.238 e. The molecule has 0 saturated carbocycles. The van der Waals surface area contributed by atoms with Crippen molar-refractivity contribution in [3.63, 3.8) is 0 Å². The lowest BCUT2D eigenvalue weighted by Crippen LogP contribution is -2.27. The minimum Gasteiger partial charge on any atom is -0.497 e. The third-order valence-electron chi connectivity index (χ3n) is 10.7. The molecule has 18 nitrogen and oxygen atoms in total. The Morgan fingerprint density at radius 3 is 1.62 bits per heavy atom. The van der Waals surface area contributed by atoms with Crippen LogP contribution < -0.4 is 30.4 Å². The van der Waals surface area contributed by atoms with Gasteiger partial charge in [-0.15, -0.1) is 15.3 Å². The molecule has 0 spiro atoms. The van der Waals surface area contributed by atoms with E-state index in [0.29, 0.717) is 30.0 Å². The Balaban J connectivity index is 0.000000181. The Bertz CT molecular complexity index is 2610. The minimum absolute atomic E-state index is 0.0301. The number of aromatic nitrogens is 8.